The smallest absolute Gasteiger partial charge is 0.326 e. The van der Waals surface area contributed by atoms with Crippen LogP contribution in [0.3, 0.4) is 0 Å². The summed E-state index contributed by atoms with van der Waals surface area (Å²) >= 11 is 0. The summed E-state index contributed by atoms with van der Waals surface area (Å²) in [5.74, 6) is -7.43. The lowest BCUT2D eigenvalue weighted by molar-refractivity contribution is -0.148. The van der Waals surface area contributed by atoms with Crippen molar-refractivity contribution in [2.45, 2.75) is 62.7 Å². The van der Waals surface area contributed by atoms with E-state index in [1.165, 1.54) is 0 Å². The van der Waals surface area contributed by atoms with E-state index in [-0.39, 0.29) is 6.42 Å². The van der Waals surface area contributed by atoms with Gasteiger partial charge in [-0.1, -0.05) is 36.8 Å². The fraction of sp³-hybridized carbons (Fsp3) is 0.478. The zero-order valence-electron chi connectivity index (χ0n) is 20.1. The minimum atomic E-state index is -1.86. The van der Waals surface area contributed by atoms with Gasteiger partial charge < -0.3 is 42.7 Å². The molecule has 14 nitrogen and oxygen atoms in total. The first-order chi connectivity index (χ1) is 17.4. The molecule has 0 saturated carbocycles. The number of hydrogen-bond acceptors (Lipinski definition) is 8. The van der Waals surface area contributed by atoms with Crippen molar-refractivity contribution in [1.82, 2.24) is 16.0 Å². The second kappa shape index (κ2) is 15.9. The molecule has 1 rings (SSSR count). The third kappa shape index (κ3) is 12.0. The minimum absolute atomic E-state index is 0.0217. The number of nitrogens with one attached hydrogen (secondary N) is 3. The Morgan fingerprint density at radius 2 is 1.24 bits per heavy atom. The second-order valence-electron chi connectivity index (χ2n) is 8.30. The van der Waals surface area contributed by atoms with E-state index in [1.54, 1.807) is 30.3 Å². The Hall–Kier alpha value is -4.04. The van der Waals surface area contributed by atoms with Gasteiger partial charge in [0, 0.05) is 6.42 Å². The lowest BCUT2D eigenvalue weighted by atomic mass is 10.0. The van der Waals surface area contributed by atoms with Crippen LogP contribution in [0.2, 0.25) is 0 Å². The number of amides is 3. The molecule has 0 aliphatic heterocycles. The highest BCUT2D eigenvalue weighted by atomic mass is 16.4. The molecule has 14 heteroatoms. The van der Waals surface area contributed by atoms with Gasteiger partial charge in [-0.25, -0.2) is 4.79 Å². The molecule has 204 valence electrons. The normalized spacial score (nSPS) is 13.9. The van der Waals surface area contributed by atoms with Crippen LogP contribution in [0.25, 0.3) is 0 Å². The fourth-order valence-corrected chi connectivity index (χ4v) is 3.28. The summed E-state index contributed by atoms with van der Waals surface area (Å²) in [6, 6.07) is 2.74. The molecule has 1 aromatic carbocycles. The van der Waals surface area contributed by atoms with Gasteiger partial charge in [0.25, 0.3) is 0 Å². The number of rotatable bonds is 17. The molecule has 0 aromatic heterocycles. The monoisotopic (exact) mass is 523 g/mol. The third-order valence-electron chi connectivity index (χ3n) is 5.23. The minimum Gasteiger partial charge on any atom is -0.481 e. The van der Waals surface area contributed by atoms with Crippen LogP contribution in [0, 0.1) is 0 Å². The van der Waals surface area contributed by atoms with Crippen LogP contribution in [-0.2, 0) is 35.2 Å². The number of hydrogen-bond donors (Lipinski definition) is 8. The van der Waals surface area contributed by atoms with Crippen molar-refractivity contribution in [3.05, 3.63) is 35.9 Å². The molecule has 10 N–H and O–H groups in total. The summed E-state index contributed by atoms with van der Waals surface area (Å²) < 4.78 is 0. The number of unbranched alkanes of at least 4 members (excludes halogenated alkanes) is 1. The molecule has 37 heavy (non-hydrogen) atoms. The van der Waals surface area contributed by atoms with Crippen molar-refractivity contribution >= 4 is 35.6 Å². The van der Waals surface area contributed by atoms with Gasteiger partial charge in [-0.3, -0.25) is 24.0 Å². The molecule has 0 aliphatic carbocycles. The average molecular weight is 524 g/mol. The van der Waals surface area contributed by atoms with Gasteiger partial charge in [-0.05, 0) is 24.9 Å². The van der Waals surface area contributed by atoms with Crippen LogP contribution < -0.4 is 27.4 Å². The molecule has 0 saturated heterocycles. The number of nitrogens with two attached hydrogens (primary N) is 2. The van der Waals surface area contributed by atoms with Gasteiger partial charge in [-0.15, -0.1) is 0 Å². The van der Waals surface area contributed by atoms with E-state index in [0.29, 0.717) is 31.4 Å². The van der Waals surface area contributed by atoms with Crippen LogP contribution in [0.4, 0.5) is 0 Å². The van der Waals surface area contributed by atoms with Crippen LogP contribution in [-0.4, -0.2) is 81.7 Å². The predicted octanol–water partition coefficient (Wildman–Crippen LogP) is -1.83. The maximum atomic E-state index is 13.1. The summed E-state index contributed by atoms with van der Waals surface area (Å²) in [6.45, 7) is 0.426. The Balaban J connectivity index is 3.08. The van der Waals surface area contributed by atoms with Crippen molar-refractivity contribution in [1.29, 1.82) is 0 Å². The van der Waals surface area contributed by atoms with Crippen LogP contribution in [0.1, 0.15) is 37.7 Å². The molecule has 0 heterocycles. The summed E-state index contributed by atoms with van der Waals surface area (Å²) in [5.41, 5.74) is 12.0. The molecule has 3 amide bonds. The Kier molecular flexibility index (Phi) is 13.3. The highest BCUT2D eigenvalue weighted by Crippen LogP contribution is 2.07. The van der Waals surface area contributed by atoms with E-state index in [2.05, 4.69) is 10.6 Å². The number of carbonyl (C=O) groups excluding carboxylic acids is 3. The summed E-state index contributed by atoms with van der Waals surface area (Å²) in [5, 5.41) is 33.8. The Morgan fingerprint density at radius 1 is 0.730 bits per heavy atom. The van der Waals surface area contributed by atoms with Gasteiger partial charge in [0.2, 0.25) is 17.7 Å². The van der Waals surface area contributed by atoms with Crippen molar-refractivity contribution in [3.8, 4) is 0 Å². The van der Waals surface area contributed by atoms with Gasteiger partial charge in [0.1, 0.15) is 18.1 Å². The quantitative estimate of drug-likeness (QED) is 0.105. The van der Waals surface area contributed by atoms with E-state index >= 15 is 0 Å². The molecule has 0 spiro atoms. The molecule has 0 aliphatic rings. The Morgan fingerprint density at radius 3 is 1.78 bits per heavy atom. The van der Waals surface area contributed by atoms with Gasteiger partial charge in [0.15, 0.2) is 0 Å². The molecular weight excluding hydrogens is 490 g/mol. The van der Waals surface area contributed by atoms with Gasteiger partial charge in [0.05, 0.1) is 18.9 Å². The summed E-state index contributed by atoms with van der Waals surface area (Å²) in [7, 11) is 0. The van der Waals surface area contributed by atoms with Crippen molar-refractivity contribution < 1.29 is 44.1 Å². The summed E-state index contributed by atoms with van der Waals surface area (Å²) in [6.07, 6.45) is -0.368. The van der Waals surface area contributed by atoms with Crippen molar-refractivity contribution in [2.75, 3.05) is 6.54 Å². The Bertz CT molecular complexity index is 957. The van der Waals surface area contributed by atoms with E-state index in [1.807, 2.05) is 5.32 Å². The molecule has 4 unspecified atom stereocenters. The standard InChI is InChI=1S/C23H33N5O9/c24-9-5-4-8-14(25)20(33)26-15(10-13-6-2-1-3-7-13)21(34)27-16(11-18(29)30)22(35)28-17(23(36)37)12-19(31)32/h1-3,6-7,14-17H,4-5,8-12,24-25H2,(H,26,33)(H,27,34)(H,28,35)(H,29,30)(H,31,32)(H,36,37). The zero-order valence-corrected chi connectivity index (χ0v) is 20.1. The summed E-state index contributed by atoms with van der Waals surface area (Å²) in [4.78, 5) is 71.8. The molecule has 0 radical (unpaired) electrons. The first-order valence-corrected chi connectivity index (χ1v) is 11.5. The van der Waals surface area contributed by atoms with Crippen LogP contribution >= 0.6 is 0 Å². The number of carboxylic acids is 3. The van der Waals surface area contributed by atoms with E-state index < -0.39 is 72.6 Å². The van der Waals surface area contributed by atoms with E-state index in [9.17, 15) is 33.9 Å². The SMILES string of the molecule is NCCCCC(N)C(=O)NC(Cc1ccccc1)C(=O)NC(CC(=O)O)C(=O)NC(CC(=O)O)C(=O)O. The Labute approximate surface area is 212 Å². The van der Waals surface area contributed by atoms with E-state index in [0.717, 1.165) is 0 Å². The lowest BCUT2D eigenvalue weighted by Gasteiger charge is -2.24. The average Bonchev–Trinajstić information content (AvgIpc) is 2.82. The van der Waals surface area contributed by atoms with Crippen LogP contribution in [0.15, 0.2) is 30.3 Å². The maximum Gasteiger partial charge on any atom is 0.326 e. The maximum absolute atomic E-state index is 13.1. The first-order valence-electron chi connectivity index (χ1n) is 11.5. The molecule has 4 atom stereocenters. The van der Waals surface area contributed by atoms with Gasteiger partial charge >= 0.3 is 17.9 Å². The molecular formula is C23H33N5O9. The highest BCUT2D eigenvalue weighted by Gasteiger charge is 2.32. The number of carboxylic acid groups (broad SMARTS) is 3. The lowest BCUT2D eigenvalue weighted by Crippen LogP contribution is -2.58. The number of aliphatic carboxylic acids is 3. The zero-order chi connectivity index (χ0) is 28.0. The number of benzene rings is 1. The van der Waals surface area contributed by atoms with Gasteiger partial charge in [-0.2, -0.15) is 0 Å². The molecule has 0 bridgehead atoms. The fourth-order valence-electron chi connectivity index (χ4n) is 3.28. The van der Waals surface area contributed by atoms with Crippen molar-refractivity contribution in [3.63, 3.8) is 0 Å². The number of carbonyl (C=O) groups is 6. The molecule has 1 aromatic rings. The topological polar surface area (TPSA) is 251 Å². The third-order valence-corrected chi connectivity index (χ3v) is 5.23. The molecule has 0 fully saturated rings. The second-order valence-corrected chi connectivity index (χ2v) is 8.30. The largest absolute Gasteiger partial charge is 0.481 e. The highest BCUT2D eigenvalue weighted by molar-refractivity contribution is 5.96. The van der Waals surface area contributed by atoms with Crippen molar-refractivity contribution in [2.24, 2.45) is 11.5 Å². The first kappa shape index (κ1) is 31.0. The van der Waals surface area contributed by atoms with Crippen LogP contribution in [0.5, 0.6) is 0 Å². The predicted molar refractivity (Wildman–Crippen MR) is 129 cm³/mol. The van der Waals surface area contributed by atoms with E-state index in [4.69, 9.17) is 21.7 Å².